The fraction of sp³-hybridized carbons (Fsp3) is 0.455. The average molecular weight is 240 g/mol. The Morgan fingerprint density at radius 2 is 2.19 bits per heavy atom. The maximum absolute atomic E-state index is 11.4. The van der Waals surface area contributed by atoms with Gasteiger partial charge >= 0.3 is 0 Å². The molecule has 1 rings (SSSR count). The van der Waals surface area contributed by atoms with Crippen molar-refractivity contribution < 1.29 is 9.94 Å². The van der Waals surface area contributed by atoms with E-state index in [-0.39, 0.29) is 5.41 Å². The summed E-state index contributed by atoms with van der Waals surface area (Å²) in [5.41, 5.74) is 0.478. The zero-order valence-corrected chi connectivity index (χ0v) is 10.5. The van der Waals surface area contributed by atoms with E-state index in [2.05, 4.69) is 5.16 Å². The maximum atomic E-state index is 11.4. The summed E-state index contributed by atoms with van der Waals surface area (Å²) in [4.78, 5) is 0. The van der Waals surface area contributed by atoms with Crippen molar-refractivity contribution in [3.8, 4) is 0 Å². The third-order valence-electron chi connectivity index (χ3n) is 2.13. The lowest BCUT2D eigenvalue weighted by Crippen LogP contribution is -2.29. The molecule has 1 N–H and O–H groups in total. The smallest absolute Gasteiger partial charge is 0.251 e. The first-order chi connectivity index (χ1) is 7.45. The summed E-state index contributed by atoms with van der Waals surface area (Å²) >= 11 is 1.37. The number of hydrogen-bond donors (Lipinski definition) is 1. The van der Waals surface area contributed by atoms with Crippen LogP contribution in [0.5, 0.6) is 0 Å². The lowest BCUT2D eigenvalue weighted by atomic mass is 9.91. The molecule has 0 aliphatic carbocycles. The van der Waals surface area contributed by atoms with Gasteiger partial charge in [-0.05, 0) is 17.8 Å². The molecule has 0 spiro atoms. The van der Waals surface area contributed by atoms with Gasteiger partial charge in [0.2, 0.25) is 0 Å². The van der Waals surface area contributed by atoms with Crippen LogP contribution in [-0.2, 0) is 0 Å². The van der Waals surface area contributed by atoms with Gasteiger partial charge in [-0.15, -0.1) is 0 Å². The van der Waals surface area contributed by atoms with Crippen LogP contribution in [0.1, 0.15) is 20.8 Å². The monoisotopic (exact) mass is 240 g/mol. The molecule has 4 nitrogen and oxygen atoms in total. The van der Waals surface area contributed by atoms with Crippen LogP contribution in [0.25, 0.3) is 0 Å². The molecule has 1 aromatic heterocycles. The van der Waals surface area contributed by atoms with E-state index in [0.717, 1.165) is 4.73 Å². The van der Waals surface area contributed by atoms with E-state index in [1.54, 1.807) is 12.1 Å². The first-order valence-corrected chi connectivity index (χ1v) is 5.96. The minimum absolute atomic E-state index is 0.190. The highest BCUT2D eigenvalue weighted by Crippen LogP contribution is 2.22. The Hall–Kier alpha value is -1.23. The van der Waals surface area contributed by atoms with E-state index in [9.17, 15) is 5.21 Å². The number of aromatic nitrogens is 1. The fourth-order valence-electron chi connectivity index (χ4n) is 1.06. The normalized spacial score (nSPS) is 12.8. The Balaban J connectivity index is 2.68. The van der Waals surface area contributed by atoms with Crippen LogP contribution in [0.3, 0.4) is 0 Å². The van der Waals surface area contributed by atoms with E-state index >= 15 is 0 Å². The van der Waals surface area contributed by atoms with Crippen molar-refractivity contribution in [1.29, 1.82) is 0 Å². The molecule has 1 heterocycles. The molecule has 0 radical (unpaired) electrons. The van der Waals surface area contributed by atoms with Crippen LogP contribution >= 0.6 is 11.8 Å². The molecule has 1 aromatic rings. The van der Waals surface area contributed by atoms with Gasteiger partial charge in [0, 0.05) is 23.3 Å². The minimum atomic E-state index is -0.190. The van der Waals surface area contributed by atoms with E-state index in [0.29, 0.717) is 16.5 Å². The van der Waals surface area contributed by atoms with E-state index < -0.39 is 0 Å². The van der Waals surface area contributed by atoms with Crippen molar-refractivity contribution in [2.75, 3.05) is 5.75 Å². The SMILES string of the molecule is CC(C)(C)/C(CSc1cccc[n+]1[O-])=N\O. The number of pyridine rings is 1. The molecular weight excluding hydrogens is 224 g/mol. The Labute approximate surface area is 99.6 Å². The largest absolute Gasteiger partial charge is 0.618 e. The molecule has 0 fully saturated rings. The summed E-state index contributed by atoms with van der Waals surface area (Å²) in [6, 6.07) is 5.24. The van der Waals surface area contributed by atoms with Gasteiger partial charge in [-0.3, -0.25) is 0 Å². The predicted octanol–water partition coefficient (Wildman–Crippen LogP) is 2.29. The third kappa shape index (κ3) is 3.41. The highest BCUT2D eigenvalue weighted by atomic mass is 32.2. The van der Waals surface area contributed by atoms with Crippen molar-refractivity contribution in [2.24, 2.45) is 10.6 Å². The molecule has 0 saturated heterocycles. The highest BCUT2D eigenvalue weighted by molar-refractivity contribution is 7.99. The van der Waals surface area contributed by atoms with Gasteiger partial charge in [0.1, 0.15) is 0 Å². The molecule has 0 aliphatic heterocycles. The Morgan fingerprint density at radius 3 is 2.69 bits per heavy atom. The Kier molecular flexibility index (Phi) is 4.18. The third-order valence-corrected chi connectivity index (χ3v) is 3.16. The average Bonchev–Trinajstić information content (AvgIpc) is 2.19. The number of nitrogens with zero attached hydrogens (tertiary/aromatic N) is 2. The van der Waals surface area contributed by atoms with Gasteiger partial charge in [0.25, 0.3) is 5.03 Å². The van der Waals surface area contributed by atoms with Crippen molar-refractivity contribution >= 4 is 17.5 Å². The first kappa shape index (κ1) is 12.8. The second-order valence-corrected chi connectivity index (χ2v) is 5.45. The number of thioether (sulfide) groups is 1. The number of rotatable bonds is 3. The second kappa shape index (κ2) is 5.21. The van der Waals surface area contributed by atoms with Crippen molar-refractivity contribution in [2.45, 2.75) is 25.8 Å². The van der Waals surface area contributed by atoms with Crippen LogP contribution in [0.15, 0.2) is 34.6 Å². The van der Waals surface area contributed by atoms with Crippen molar-refractivity contribution in [1.82, 2.24) is 0 Å². The van der Waals surface area contributed by atoms with Crippen LogP contribution in [0.2, 0.25) is 0 Å². The standard InChI is InChI=1S/C11H16N2O2S/c1-11(2,3)9(12-14)8-16-10-6-4-5-7-13(10)15/h4-7,14H,8H2,1-3H3/b12-9-. The Morgan fingerprint density at radius 1 is 1.50 bits per heavy atom. The van der Waals surface area contributed by atoms with Crippen molar-refractivity contribution in [3.05, 3.63) is 29.6 Å². The summed E-state index contributed by atoms with van der Waals surface area (Å²) in [5, 5.41) is 24.2. The van der Waals surface area contributed by atoms with Crippen LogP contribution < -0.4 is 4.73 Å². The molecule has 5 heteroatoms. The molecule has 0 unspecified atom stereocenters. The number of hydrogen-bond acceptors (Lipinski definition) is 4. The van der Waals surface area contributed by atoms with Gasteiger partial charge in [-0.25, -0.2) is 0 Å². The summed E-state index contributed by atoms with van der Waals surface area (Å²) in [6.45, 7) is 5.91. The van der Waals surface area contributed by atoms with Gasteiger partial charge in [-0.2, -0.15) is 4.73 Å². The zero-order valence-electron chi connectivity index (χ0n) is 9.67. The summed E-state index contributed by atoms with van der Waals surface area (Å²) in [6.07, 6.45) is 1.45. The van der Waals surface area contributed by atoms with Crippen LogP contribution in [0.4, 0.5) is 0 Å². The number of oxime groups is 1. The molecule has 0 saturated carbocycles. The molecule has 16 heavy (non-hydrogen) atoms. The lowest BCUT2D eigenvalue weighted by Gasteiger charge is -2.18. The van der Waals surface area contributed by atoms with Crippen molar-refractivity contribution in [3.63, 3.8) is 0 Å². The van der Waals surface area contributed by atoms with Crippen LogP contribution in [-0.4, -0.2) is 16.7 Å². The van der Waals surface area contributed by atoms with Gasteiger partial charge in [-0.1, -0.05) is 25.9 Å². The molecule has 0 amide bonds. The van der Waals surface area contributed by atoms with E-state index in [1.165, 1.54) is 18.0 Å². The molecule has 0 atom stereocenters. The second-order valence-electron chi connectivity index (χ2n) is 4.45. The molecule has 88 valence electrons. The topological polar surface area (TPSA) is 59.5 Å². The molecule has 0 aliphatic rings. The zero-order chi connectivity index (χ0) is 12.2. The lowest BCUT2D eigenvalue weighted by molar-refractivity contribution is -0.645. The van der Waals surface area contributed by atoms with Crippen LogP contribution in [0, 0.1) is 10.6 Å². The van der Waals surface area contributed by atoms with Gasteiger partial charge in [0.15, 0.2) is 6.20 Å². The maximum Gasteiger partial charge on any atom is 0.251 e. The highest BCUT2D eigenvalue weighted by Gasteiger charge is 2.21. The van der Waals surface area contributed by atoms with E-state index in [4.69, 9.17) is 5.21 Å². The fourth-order valence-corrected chi connectivity index (χ4v) is 2.20. The van der Waals surface area contributed by atoms with Gasteiger partial charge < -0.3 is 10.4 Å². The first-order valence-electron chi connectivity index (χ1n) is 4.97. The Bertz CT molecular complexity index is 386. The quantitative estimate of drug-likeness (QED) is 0.220. The minimum Gasteiger partial charge on any atom is -0.618 e. The predicted molar refractivity (Wildman–Crippen MR) is 64.8 cm³/mol. The summed E-state index contributed by atoms with van der Waals surface area (Å²) in [5.74, 6) is 0.506. The van der Waals surface area contributed by atoms with E-state index in [1.807, 2.05) is 26.8 Å². The molecule has 0 aromatic carbocycles. The molecule has 0 bridgehead atoms. The summed E-state index contributed by atoms with van der Waals surface area (Å²) in [7, 11) is 0. The molecular formula is C11H16N2O2S. The summed E-state index contributed by atoms with van der Waals surface area (Å²) < 4.78 is 0.808. The van der Waals surface area contributed by atoms with Gasteiger partial charge in [0.05, 0.1) is 5.71 Å².